The number of amides is 1. The van der Waals surface area contributed by atoms with E-state index in [0.717, 1.165) is 16.9 Å². The third-order valence-electron chi connectivity index (χ3n) is 4.06. The summed E-state index contributed by atoms with van der Waals surface area (Å²) in [6.07, 6.45) is 5.85. The van der Waals surface area contributed by atoms with Gasteiger partial charge in [-0.15, -0.1) is 5.10 Å². The van der Waals surface area contributed by atoms with Crippen LogP contribution in [0.1, 0.15) is 18.0 Å². The predicted molar refractivity (Wildman–Crippen MR) is 99.3 cm³/mol. The standard InChI is InChI=1S/C18H16N6OS/c25-18(11-17(14-7-10-26-12-14)23-8-1-2-9-23)20-15-3-5-16(6-4-15)24-13-19-21-22-24/h1-10,12-13,17H,11H2,(H,20,25)/t17-/m0/s1. The van der Waals surface area contributed by atoms with Gasteiger partial charge in [0.2, 0.25) is 5.91 Å². The predicted octanol–water partition coefficient (Wildman–Crippen LogP) is 3.14. The monoisotopic (exact) mass is 364 g/mol. The van der Waals surface area contributed by atoms with Crippen molar-refractivity contribution in [3.05, 3.63) is 77.5 Å². The Labute approximate surface area is 153 Å². The first-order valence-electron chi connectivity index (χ1n) is 8.07. The Morgan fingerprint density at radius 1 is 1.15 bits per heavy atom. The molecule has 3 heterocycles. The number of aromatic nitrogens is 5. The van der Waals surface area contributed by atoms with Crippen molar-refractivity contribution < 1.29 is 4.79 Å². The zero-order valence-corrected chi connectivity index (χ0v) is 14.6. The minimum Gasteiger partial charge on any atom is -0.346 e. The number of tetrazole rings is 1. The molecule has 130 valence electrons. The normalized spacial score (nSPS) is 12.0. The molecule has 26 heavy (non-hydrogen) atoms. The van der Waals surface area contributed by atoms with Gasteiger partial charge in [0.05, 0.1) is 18.2 Å². The molecule has 1 atom stereocenters. The van der Waals surface area contributed by atoms with Gasteiger partial charge < -0.3 is 9.88 Å². The zero-order chi connectivity index (χ0) is 17.8. The summed E-state index contributed by atoms with van der Waals surface area (Å²) in [5.74, 6) is -0.0370. The van der Waals surface area contributed by atoms with Crippen LogP contribution in [0.15, 0.2) is 71.9 Å². The number of carbonyl (C=O) groups excluding carboxylic acids is 1. The van der Waals surface area contributed by atoms with Crippen LogP contribution in [-0.4, -0.2) is 30.7 Å². The lowest BCUT2D eigenvalue weighted by atomic mass is 10.1. The van der Waals surface area contributed by atoms with E-state index in [9.17, 15) is 4.79 Å². The minimum atomic E-state index is -0.0370. The van der Waals surface area contributed by atoms with E-state index in [-0.39, 0.29) is 11.9 Å². The zero-order valence-electron chi connectivity index (χ0n) is 13.8. The van der Waals surface area contributed by atoms with Gasteiger partial charge >= 0.3 is 0 Å². The van der Waals surface area contributed by atoms with Crippen LogP contribution in [0.3, 0.4) is 0 Å². The third-order valence-corrected chi connectivity index (χ3v) is 4.76. The molecule has 3 aromatic heterocycles. The van der Waals surface area contributed by atoms with Crippen molar-refractivity contribution in [3.8, 4) is 5.69 Å². The second kappa shape index (κ2) is 7.32. The highest BCUT2D eigenvalue weighted by molar-refractivity contribution is 7.08. The van der Waals surface area contributed by atoms with E-state index < -0.39 is 0 Å². The van der Waals surface area contributed by atoms with Crippen LogP contribution in [0.25, 0.3) is 5.69 Å². The number of hydrogen-bond donors (Lipinski definition) is 1. The Morgan fingerprint density at radius 3 is 2.62 bits per heavy atom. The molecule has 1 N–H and O–H groups in total. The highest BCUT2D eigenvalue weighted by Gasteiger charge is 2.18. The van der Waals surface area contributed by atoms with Crippen LogP contribution in [-0.2, 0) is 4.79 Å². The molecule has 4 aromatic rings. The number of rotatable bonds is 6. The summed E-state index contributed by atoms with van der Waals surface area (Å²) in [5.41, 5.74) is 2.70. The first-order valence-corrected chi connectivity index (χ1v) is 9.02. The van der Waals surface area contributed by atoms with Crippen LogP contribution < -0.4 is 5.32 Å². The Bertz CT molecular complexity index is 912. The van der Waals surface area contributed by atoms with Crippen LogP contribution in [0, 0.1) is 0 Å². The third kappa shape index (κ3) is 3.55. The first-order chi connectivity index (χ1) is 12.8. The summed E-state index contributed by atoms with van der Waals surface area (Å²) in [7, 11) is 0. The second-order valence-corrected chi connectivity index (χ2v) is 6.54. The van der Waals surface area contributed by atoms with E-state index in [0.29, 0.717) is 6.42 Å². The molecule has 1 aromatic carbocycles. The molecular weight excluding hydrogens is 348 g/mol. The molecule has 7 nitrogen and oxygen atoms in total. The number of thiophene rings is 1. The molecule has 0 aliphatic heterocycles. The number of nitrogens with zero attached hydrogens (tertiary/aromatic N) is 5. The van der Waals surface area contributed by atoms with E-state index in [1.807, 2.05) is 54.2 Å². The first kappa shape index (κ1) is 16.2. The van der Waals surface area contributed by atoms with Crippen molar-refractivity contribution in [1.29, 1.82) is 0 Å². The number of carbonyl (C=O) groups is 1. The average molecular weight is 364 g/mol. The van der Waals surface area contributed by atoms with Gasteiger partial charge in [0.25, 0.3) is 0 Å². The molecule has 0 aliphatic rings. The number of anilines is 1. The number of nitrogens with one attached hydrogen (secondary N) is 1. The molecule has 0 radical (unpaired) electrons. The van der Waals surface area contributed by atoms with Crippen LogP contribution in [0.2, 0.25) is 0 Å². The molecule has 8 heteroatoms. The van der Waals surface area contributed by atoms with Gasteiger partial charge in [0.15, 0.2) is 0 Å². The maximum Gasteiger partial charge on any atom is 0.226 e. The fourth-order valence-corrected chi connectivity index (χ4v) is 3.49. The van der Waals surface area contributed by atoms with Crippen LogP contribution in [0.4, 0.5) is 5.69 Å². The van der Waals surface area contributed by atoms with E-state index in [4.69, 9.17) is 0 Å². The SMILES string of the molecule is O=C(C[C@@H](c1ccsc1)n1cccc1)Nc1ccc(-n2cnnn2)cc1. The molecular formula is C18H16N6OS. The second-order valence-electron chi connectivity index (χ2n) is 5.76. The maximum atomic E-state index is 12.6. The average Bonchev–Trinajstić information content (AvgIpc) is 3.44. The van der Waals surface area contributed by atoms with Crippen molar-refractivity contribution in [2.75, 3.05) is 5.32 Å². The summed E-state index contributed by atoms with van der Waals surface area (Å²) in [5, 5.41) is 18.1. The molecule has 0 saturated heterocycles. The summed E-state index contributed by atoms with van der Waals surface area (Å²) in [6, 6.07) is 13.4. The van der Waals surface area contributed by atoms with Crippen molar-refractivity contribution in [2.24, 2.45) is 0 Å². The van der Waals surface area contributed by atoms with E-state index in [2.05, 4.69) is 36.9 Å². The van der Waals surface area contributed by atoms with Crippen LogP contribution in [0.5, 0.6) is 0 Å². The van der Waals surface area contributed by atoms with E-state index >= 15 is 0 Å². The number of benzene rings is 1. The lowest BCUT2D eigenvalue weighted by molar-refractivity contribution is -0.116. The maximum absolute atomic E-state index is 12.6. The summed E-state index contributed by atoms with van der Waals surface area (Å²) in [4.78, 5) is 12.6. The molecule has 0 unspecified atom stereocenters. The molecule has 0 bridgehead atoms. The lowest BCUT2D eigenvalue weighted by Gasteiger charge is -2.18. The van der Waals surface area contributed by atoms with Crippen molar-refractivity contribution in [1.82, 2.24) is 24.8 Å². The van der Waals surface area contributed by atoms with Gasteiger partial charge in [0, 0.05) is 18.1 Å². The van der Waals surface area contributed by atoms with E-state index in [1.54, 1.807) is 16.0 Å². The molecule has 0 saturated carbocycles. The molecule has 1 amide bonds. The fourth-order valence-electron chi connectivity index (χ4n) is 2.78. The van der Waals surface area contributed by atoms with Crippen molar-refractivity contribution in [3.63, 3.8) is 0 Å². The molecule has 4 rings (SSSR count). The van der Waals surface area contributed by atoms with Gasteiger partial charge in [-0.3, -0.25) is 4.79 Å². The topological polar surface area (TPSA) is 77.6 Å². The lowest BCUT2D eigenvalue weighted by Crippen LogP contribution is -2.19. The minimum absolute atomic E-state index is 0.0169. The van der Waals surface area contributed by atoms with Crippen LogP contribution >= 0.6 is 11.3 Å². The van der Waals surface area contributed by atoms with Gasteiger partial charge in [-0.05, 0) is 69.2 Å². The quantitative estimate of drug-likeness (QED) is 0.570. The Morgan fingerprint density at radius 2 is 1.96 bits per heavy atom. The smallest absolute Gasteiger partial charge is 0.226 e. The summed E-state index contributed by atoms with van der Waals surface area (Å²) < 4.78 is 3.62. The van der Waals surface area contributed by atoms with Gasteiger partial charge in [-0.1, -0.05) is 0 Å². The number of hydrogen-bond acceptors (Lipinski definition) is 5. The molecule has 0 fully saturated rings. The molecule has 0 aliphatic carbocycles. The van der Waals surface area contributed by atoms with Gasteiger partial charge in [0.1, 0.15) is 6.33 Å². The summed E-state index contributed by atoms with van der Waals surface area (Å²) in [6.45, 7) is 0. The van der Waals surface area contributed by atoms with Crippen molar-refractivity contribution >= 4 is 22.9 Å². The largest absolute Gasteiger partial charge is 0.346 e. The molecule has 0 spiro atoms. The van der Waals surface area contributed by atoms with Crippen molar-refractivity contribution in [2.45, 2.75) is 12.5 Å². The summed E-state index contributed by atoms with van der Waals surface area (Å²) >= 11 is 1.63. The van der Waals surface area contributed by atoms with Gasteiger partial charge in [-0.25, -0.2) is 4.68 Å². The Kier molecular flexibility index (Phi) is 4.57. The Hall–Kier alpha value is -3.26. The fraction of sp³-hybridized carbons (Fsp3) is 0.111. The van der Waals surface area contributed by atoms with Gasteiger partial charge in [-0.2, -0.15) is 11.3 Å². The highest BCUT2D eigenvalue weighted by Crippen LogP contribution is 2.25. The Balaban J connectivity index is 1.45. The van der Waals surface area contributed by atoms with E-state index in [1.165, 1.54) is 6.33 Å². The highest BCUT2D eigenvalue weighted by atomic mass is 32.1.